The molecule has 0 amide bonds. The molecule has 112 valence electrons. The summed E-state index contributed by atoms with van der Waals surface area (Å²) in [7, 11) is 0. The maximum Gasteiger partial charge on any atom is 0.160 e. The average Bonchev–Trinajstić information content (AvgIpc) is 2.48. The molecule has 0 heterocycles. The van der Waals surface area contributed by atoms with E-state index in [4.69, 9.17) is 17.1 Å². The van der Waals surface area contributed by atoms with Gasteiger partial charge in [-0.2, -0.15) is 0 Å². The fraction of sp³-hybridized carbons (Fsp3) is 0.188. The number of Topliss-reactive ketones (excluding diaryl/α,β-unsaturated/α-hetero) is 1. The smallest absolute Gasteiger partial charge is 0.160 e. The summed E-state index contributed by atoms with van der Waals surface area (Å²) in [5.41, 5.74) is 10.1. The zero-order valence-electron chi connectivity index (χ0n) is 12.1. The standard InChI is InChI=1S/C16H13ClFN3O/c1-9-7-12(10(2)22)13(15(18)16(9)20-21-19)8-11-5-3-4-6-14(11)17/h3-7H,8H2,1-2H3. The van der Waals surface area contributed by atoms with Gasteiger partial charge in [-0.05, 0) is 42.6 Å². The highest BCUT2D eigenvalue weighted by atomic mass is 35.5. The van der Waals surface area contributed by atoms with Gasteiger partial charge in [-0.15, -0.1) is 0 Å². The van der Waals surface area contributed by atoms with Crippen LogP contribution in [0.25, 0.3) is 10.4 Å². The lowest BCUT2D eigenvalue weighted by Gasteiger charge is -2.13. The predicted octanol–water partition coefficient (Wildman–Crippen LogP) is 5.52. The van der Waals surface area contributed by atoms with Crippen LogP contribution in [0.5, 0.6) is 0 Å². The molecule has 0 bridgehead atoms. The molecule has 6 heteroatoms. The van der Waals surface area contributed by atoms with Crippen LogP contribution in [0.2, 0.25) is 5.02 Å². The molecular weight excluding hydrogens is 305 g/mol. The summed E-state index contributed by atoms with van der Waals surface area (Å²) in [6.07, 6.45) is 0.147. The number of hydrogen-bond acceptors (Lipinski definition) is 2. The zero-order valence-corrected chi connectivity index (χ0v) is 12.9. The largest absolute Gasteiger partial charge is 0.294 e. The first-order chi connectivity index (χ1) is 10.5. The van der Waals surface area contributed by atoms with Gasteiger partial charge in [-0.25, -0.2) is 4.39 Å². The van der Waals surface area contributed by atoms with Gasteiger partial charge >= 0.3 is 0 Å². The molecule has 2 aromatic rings. The van der Waals surface area contributed by atoms with Crippen LogP contribution in [0.3, 0.4) is 0 Å². The molecule has 0 radical (unpaired) electrons. The van der Waals surface area contributed by atoms with E-state index in [1.807, 2.05) is 0 Å². The Balaban J connectivity index is 2.67. The minimum absolute atomic E-state index is 0.0884. The van der Waals surface area contributed by atoms with E-state index in [0.717, 1.165) is 0 Å². The topological polar surface area (TPSA) is 65.8 Å². The lowest BCUT2D eigenvalue weighted by Crippen LogP contribution is -2.05. The molecule has 0 atom stereocenters. The fourth-order valence-corrected chi connectivity index (χ4v) is 2.50. The molecule has 0 unspecified atom stereocenters. The van der Waals surface area contributed by atoms with Gasteiger partial charge in [0.2, 0.25) is 0 Å². The second-order valence-corrected chi connectivity index (χ2v) is 5.30. The lowest BCUT2D eigenvalue weighted by atomic mass is 9.94. The maximum atomic E-state index is 14.7. The summed E-state index contributed by atoms with van der Waals surface area (Å²) < 4.78 is 14.7. The van der Waals surface area contributed by atoms with Crippen LogP contribution < -0.4 is 0 Å². The van der Waals surface area contributed by atoms with E-state index in [0.29, 0.717) is 16.1 Å². The molecule has 0 aliphatic rings. The monoisotopic (exact) mass is 317 g/mol. The quantitative estimate of drug-likeness (QED) is 0.317. The SMILES string of the molecule is CC(=O)c1cc(C)c(N=[N+]=[N-])c(F)c1Cc1ccccc1Cl. The third-order valence-corrected chi connectivity index (χ3v) is 3.75. The van der Waals surface area contributed by atoms with Gasteiger partial charge in [0, 0.05) is 27.5 Å². The molecule has 2 rings (SSSR count). The highest BCUT2D eigenvalue weighted by Gasteiger charge is 2.19. The van der Waals surface area contributed by atoms with Crippen molar-refractivity contribution >= 4 is 23.1 Å². The van der Waals surface area contributed by atoms with Crippen LogP contribution >= 0.6 is 11.6 Å². The van der Waals surface area contributed by atoms with E-state index in [9.17, 15) is 9.18 Å². The molecule has 22 heavy (non-hydrogen) atoms. The third kappa shape index (κ3) is 3.11. The summed E-state index contributed by atoms with van der Waals surface area (Å²) >= 11 is 6.10. The molecule has 0 aromatic heterocycles. The average molecular weight is 318 g/mol. The molecule has 0 N–H and O–H groups in total. The summed E-state index contributed by atoms with van der Waals surface area (Å²) in [6.45, 7) is 2.97. The predicted molar refractivity (Wildman–Crippen MR) is 84.2 cm³/mol. The Kier molecular flexibility index (Phi) is 4.81. The number of azide groups is 1. The Morgan fingerprint density at radius 3 is 2.68 bits per heavy atom. The van der Waals surface area contributed by atoms with Crippen molar-refractivity contribution in [2.24, 2.45) is 5.11 Å². The van der Waals surface area contributed by atoms with E-state index in [-0.39, 0.29) is 29.0 Å². The first-order valence-electron chi connectivity index (χ1n) is 6.57. The van der Waals surface area contributed by atoms with E-state index < -0.39 is 5.82 Å². The van der Waals surface area contributed by atoms with Crippen molar-refractivity contribution in [2.75, 3.05) is 0 Å². The summed E-state index contributed by atoms with van der Waals surface area (Å²) in [5.74, 6) is -0.931. The molecule has 0 aliphatic heterocycles. The van der Waals surface area contributed by atoms with Crippen molar-refractivity contribution in [1.82, 2.24) is 0 Å². The molecule has 0 fully saturated rings. The van der Waals surface area contributed by atoms with Crippen LogP contribution in [0, 0.1) is 12.7 Å². The minimum Gasteiger partial charge on any atom is -0.294 e. The van der Waals surface area contributed by atoms with E-state index >= 15 is 0 Å². The van der Waals surface area contributed by atoms with E-state index in [1.165, 1.54) is 6.92 Å². The Morgan fingerprint density at radius 1 is 1.41 bits per heavy atom. The molecule has 0 saturated heterocycles. The number of nitrogens with zero attached hydrogens (tertiary/aromatic N) is 3. The highest BCUT2D eigenvalue weighted by molar-refractivity contribution is 6.31. The van der Waals surface area contributed by atoms with Gasteiger partial charge in [0.25, 0.3) is 0 Å². The zero-order chi connectivity index (χ0) is 16.3. The normalized spacial score (nSPS) is 10.2. The number of rotatable bonds is 4. The maximum absolute atomic E-state index is 14.7. The van der Waals surface area contributed by atoms with Crippen molar-refractivity contribution in [3.05, 3.63) is 73.9 Å². The number of carbonyl (C=O) groups excluding carboxylic acids is 1. The summed E-state index contributed by atoms with van der Waals surface area (Å²) in [4.78, 5) is 14.5. The number of benzene rings is 2. The number of halogens is 2. The lowest BCUT2D eigenvalue weighted by molar-refractivity contribution is 0.101. The molecule has 2 aromatic carbocycles. The molecule has 4 nitrogen and oxygen atoms in total. The van der Waals surface area contributed by atoms with Gasteiger partial charge in [-0.3, -0.25) is 4.79 Å². The summed E-state index contributed by atoms with van der Waals surface area (Å²) in [6, 6.07) is 8.56. The van der Waals surface area contributed by atoms with Crippen LogP contribution in [-0.4, -0.2) is 5.78 Å². The first kappa shape index (κ1) is 16.0. The second-order valence-electron chi connectivity index (χ2n) is 4.90. The molecular formula is C16H13ClFN3O. The minimum atomic E-state index is -0.678. The van der Waals surface area contributed by atoms with Crippen molar-refractivity contribution in [3.63, 3.8) is 0 Å². The van der Waals surface area contributed by atoms with Crippen molar-refractivity contribution < 1.29 is 9.18 Å². The van der Waals surface area contributed by atoms with Crippen molar-refractivity contribution in [2.45, 2.75) is 20.3 Å². The fourth-order valence-electron chi connectivity index (χ4n) is 2.29. The Morgan fingerprint density at radius 2 is 2.09 bits per heavy atom. The Labute approximate surface area is 132 Å². The highest BCUT2D eigenvalue weighted by Crippen LogP contribution is 2.32. The number of carbonyl (C=O) groups is 1. The second kappa shape index (κ2) is 6.60. The van der Waals surface area contributed by atoms with Crippen LogP contribution in [0.1, 0.15) is 34.0 Å². The number of hydrogen-bond donors (Lipinski definition) is 0. The van der Waals surface area contributed by atoms with E-state index in [1.54, 1.807) is 37.3 Å². The number of ketones is 1. The van der Waals surface area contributed by atoms with E-state index in [2.05, 4.69) is 10.0 Å². The number of aryl methyl sites for hydroxylation is 1. The van der Waals surface area contributed by atoms with Crippen LogP contribution in [0.4, 0.5) is 10.1 Å². The van der Waals surface area contributed by atoms with Crippen molar-refractivity contribution in [3.8, 4) is 0 Å². The van der Waals surface area contributed by atoms with Gasteiger partial charge in [-0.1, -0.05) is 34.9 Å². The van der Waals surface area contributed by atoms with Crippen molar-refractivity contribution in [1.29, 1.82) is 0 Å². The first-order valence-corrected chi connectivity index (χ1v) is 6.95. The van der Waals surface area contributed by atoms with Gasteiger partial charge in [0.1, 0.15) is 5.82 Å². The van der Waals surface area contributed by atoms with Crippen LogP contribution in [0.15, 0.2) is 35.4 Å². The third-order valence-electron chi connectivity index (χ3n) is 3.38. The molecule has 0 aliphatic carbocycles. The molecule has 0 saturated carbocycles. The summed E-state index contributed by atoms with van der Waals surface area (Å²) in [5, 5.41) is 3.88. The Bertz CT molecular complexity index is 798. The van der Waals surface area contributed by atoms with Gasteiger partial charge < -0.3 is 0 Å². The van der Waals surface area contributed by atoms with Gasteiger partial charge in [0.15, 0.2) is 5.78 Å². The van der Waals surface area contributed by atoms with Gasteiger partial charge in [0.05, 0.1) is 5.69 Å². The van der Waals surface area contributed by atoms with Crippen LogP contribution in [-0.2, 0) is 6.42 Å². The Hall–Kier alpha value is -2.36. The molecule has 0 spiro atoms.